The minimum atomic E-state index is -6.84. The van der Waals surface area contributed by atoms with E-state index in [0.717, 1.165) is 6.92 Å². The number of rotatable bonds is 11. The molecule has 182 valence electrons. The van der Waals surface area contributed by atoms with Crippen molar-refractivity contribution in [3.63, 3.8) is 0 Å². The van der Waals surface area contributed by atoms with E-state index in [9.17, 15) is 61.9 Å². The molecular weight excluding hydrogens is 490 g/mol. The standard InChI is InChI=1S/C13H12F10O7S/c1-5(2)7(24)29-4-6(30-9(25)12(20,21)31(26,27)28)3-10(16,17)13(22,23)11(18,19)8(14)15/h6,8H,1,3-4H2,2H3,(H,26,27,28). The number of hydrogen-bond donors (Lipinski definition) is 1. The zero-order valence-electron chi connectivity index (χ0n) is 14.9. The monoisotopic (exact) mass is 502 g/mol. The molecule has 0 aliphatic rings. The van der Waals surface area contributed by atoms with Crippen molar-refractivity contribution >= 4 is 22.1 Å². The molecule has 1 atom stereocenters. The quantitative estimate of drug-likeness (QED) is 0.200. The summed E-state index contributed by atoms with van der Waals surface area (Å²) < 4.78 is 167. The molecule has 0 heterocycles. The first kappa shape index (κ1) is 28.9. The topological polar surface area (TPSA) is 107 Å². The van der Waals surface area contributed by atoms with E-state index in [1.807, 2.05) is 0 Å². The number of esters is 2. The maximum Gasteiger partial charge on any atom is 0.465 e. The molecule has 0 bridgehead atoms. The molecule has 7 nitrogen and oxygen atoms in total. The number of carbonyl (C=O) groups excluding carboxylic acids is 2. The minimum Gasteiger partial charge on any atom is -0.458 e. The third-order valence-electron chi connectivity index (χ3n) is 3.22. The summed E-state index contributed by atoms with van der Waals surface area (Å²) in [4.78, 5) is 22.4. The van der Waals surface area contributed by atoms with Crippen molar-refractivity contribution in [3.8, 4) is 0 Å². The van der Waals surface area contributed by atoms with Gasteiger partial charge in [0.25, 0.3) is 0 Å². The summed E-state index contributed by atoms with van der Waals surface area (Å²) in [5.41, 5.74) is -0.505. The maximum atomic E-state index is 13.7. The molecule has 0 rings (SSSR count). The second kappa shape index (κ2) is 9.17. The molecule has 0 amide bonds. The van der Waals surface area contributed by atoms with Crippen LogP contribution >= 0.6 is 0 Å². The van der Waals surface area contributed by atoms with Gasteiger partial charge in [0.05, 0.1) is 6.42 Å². The first-order valence-electron chi connectivity index (χ1n) is 7.32. The van der Waals surface area contributed by atoms with Crippen LogP contribution in [0.5, 0.6) is 0 Å². The lowest BCUT2D eigenvalue weighted by atomic mass is 9.99. The van der Waals surface area contributed by atoms with Gasteiger partial charge in [0.1, 0.15) is 12.7 Å². The number of ether oxygens (including phenoxy) is 2. The van der Waals surface area contributed by atoms with E-state index in [0.29, 0.717) is 0 Å². The predicted octanol–water partition coefficient (Wildman–Crippen LogP) is 3.06. The Kier molecular flexibility index (Phi) is 8.55. The van der Waals surface area contributed by atoms with Crippen molar-refractivity contribution in [2.24, 2.45) is 0 Å². The second-order valence-electron chi connectivity index (χ2n) is 5.80. The highest BCUT2D eigenvalue weighted by atomic mass is 32.2. The zero-order valence-corrected chi connectivity index (χ0v) is 15.7. The fourth-order valence-electron chi connectivity index (χ4n) is 1.55. The van der Waals surface area contributed by atoms with Gasteiger partial charge < -0.3 is 9.47 Å². The molecule has 0 aromatic heterocycles. The predicted molar refractivity (Wildman–Crippen MR) is 77.6 cm³/mol. The molecule has 0 saturated carbocycles. The molecule has 0 radical (unpaired) electrons. The van der Waals surface area contributed by atoms with Gasteiger partial charge in [-0.15, -0.1) is 0 Å². The summed E-state index contributed by atoms with van der Waals surface area (Å²) in [6.45, 7) is 2.07. The molecule has 0 spiro atoms. The Balaban J connectivity index is 5.98. The maximum absolute atomic E-state index is 13.7. The highest BCUT2D eigenvalue weighted by Crippen LogP contribution is 2.50. The van der Waals surface area contributed by atoms with E-state index in [-0.39, 0.29) is 0 Å². The molecule has 31 heavy (non-hydrogen) atoms. The highest BCUT2D eigenvalue weighted by molar-refractivity contribution is 7.87. The molecule has 18 heteroatoms. The zero-order chi connectivity index (χ0) is 25.2. The summed E-state index contributed by atoms with van der Waals surface area (Å²) >= 11 is 0. The van der Waals surface area contributed by atoms with Crippen LogP contribution in [-0.4, -0.2) is 67.1 Å². The van der Waals surface area contributed by atoms with Crippen molar-refractivity contribution in [2.45, 2.75) is 48.9 Å². The Hall–Kier alpha value is -2.11. The van der Waals surface area contributed by atoms with Crippen molar-refractivity contribution < 1.29 is 75.9 Å². The molecule has 0 aliphatic heterocycles. The van der Waals surface area contributed by atoms with Gasteiger partial charge in [-0.25, -0.2) is 18.4 Å². The van der Waals surface area contributed by atoms with Gasteiger partial charge >= 0.3 is 51.5 Å². The molecular formula is C13H12F10O7S. The Morgan fingerprint density at radius 1 is 1.03 bits per heavy atom. The second-order valence-corrected chi connectivity index (χ2v) is 7.27. The van der Waals surface area contributed by atoms with Crippen LogP contribution in [-0.2, 0) is 29.2 Å². The van der Waals surface area contributed by atoms with E-state index >= 15 is 0 Å². The minimum absolute atomic E-state index is 0.505. The molecule has 0 aromatic rings. The van der Waals surface area contributed by atoms with Crippen LogP contribution < -0.4 is 0 Å². The fourth-order valence-corrected chi connectivity index (χ4v) is 1.81. The SMILES string of the molecule is C=C(C)C(=O)OCC(CC(F)(F)C(F)(F)C(F)(F)C(F)F)OC(=O)C(F)(F)S(=O)(=O)O. The first-order valence-corrected chi connectivity index (χ1v) is 8.76. The van der Waals surface area contributed by atoms with Gasteiger partial charge in [-0.05, 0) is 6.92 Å². The van der Waals surface area contributed by atoms with E-state index in [1.54, 1.807) is 0 Å². The fraction of sp³-hybridized carbons (Fsp3) is 0.692. The number of carbonyl (C=O) groups is 2. The highest BCUT2D eigenvalue weighted by Gasteiger charge is 2.75. The molecule has 0 aromatic carbocycles. The third-order valence-corrected chi connectivity index (χ3v) is 4.03. The molecule has 1 unspecified atom stereocenters. The number of hydrogen-bond acceptors (Lipinski definition) is 6. The van der Waals surface area contributed by atoms with Crippen molar-refractivity contribution in [1.82, 2.24) is 0 Å². The Morgan fingerprint density at radius 2 is 1.48 bits per heavy atom. The molecule has 1 N–H and O–H groups in total. The smallest absolute Gasteiger partial charge is 0.458 e. The average molecular weight is 502 g/mol. The Bertz CT molecular complexity index is 809. The van der Waals surface area contributed by atoms with Gasteiger partial charge in [0, 0.05) is 5.57 Å². The van der Waals surface area contributed by atoms with Gasteiger partial charge in [0.15, 0.2) is 0 Å². The van der Waals surface area contributed by atoms with Crippen LogP contribution in [0.3, 0.4) is 0 Å². The summed E-state index contributed by atoms with van der Waals surface area (Å²) in [5.74, 6) is -24.6. The lowest BCUT2D eigenvalue weighted by Gasteiger charge is -2.34. The summed E-state index contributed by atoms with van der Waals surface area (Å²) in [6.07, 6.45) is -11.4. The van der Waals surface area contributed by atoms with Gasteiger partial charge in [0.2, 0.25) is 0 Å². The van der Waals surface area contributed by atoms with Crippen LogP contribution in [0.4, 0.5) is 43.9 Å². The van der Waals surface area contributed by atoms with E-state index in [1.165, 1.54) is 0 Å². The van der Waals surface area contributed by atoms with Crippen molar-refractivity contribution in [1.29, 1.82) is 0 Å². The van der Waals surface area contributed by atoms with Gasteiger partial charge in [-0.3, -0.25) is 4.55 Å². The molecule has 0 saturated heterocycles. The summed E-state index contributed by atoms with van der Waals surface area (Å²) in [6, 6.07) is 0. The van der Waals surface area contributed by atoms with Crippen LogP contribution in [0.15, 0.2) is 12.2 Å². The third kappa shape index (κ3) is 6.20. The lowest BCUT2D eigenvalue weighted by molar-refractivity contribution is -0.343. The largest absolute Gasteiger partial charge is 0.465 e. The lowest BCUT2D eigenvalue weighted by Crippen LogP contribution is -2.58. The molecule has 0 fully saturated rings. The van der Waals surface area contributed by atoms with E-state index in [4.69, 9.17) is 4.55 Å². The molecule has 0 aliphatic carbocycles. The Morgan fingerprint density at radius 3 is 1.84 bits per heavy atom. The number of alkyl halides is 10. The van der Waals surface area contributed by atoms with Gasteiger partial charge in [-0.1, -0.05) is 6.58 Å². The summed E-state index contributed by atoms with van der Waals surface area (Å²) in [7, 11) is -6.58. The Labute approximate surface area is 166 Å². The van der Waals surface area contributed by atoms with E-state index in [2.05, 4.69) is 16.1 Å². The van der Waals surface area contributed by atoms with Gasteiger partial charge in [-0.2, -0.15) is 43.5 Å². The van der Waals surface area contributed by atoms with Crippen molar-refractivity contribution in [2.75, 3.05) is 6.61 Å². The normalized spacial score (nSPS) is 14.9. The average Bonchev–Trinajstić information content (AvgIpc) is 2.57. The van der Waals surface area contributed by atoms with Crippen LogP contribution in [0.1, 0.15) is 13.3 Å². The van der Waals surface area contributed by atoms with E-state index < -0.39 is 76.2 Å². The van der Waals surface area contributed by atoms with Crippen LogP contribution in [0.25, 0.3) is 0 Å². The first-order chi connectivity index (χ1) is 13.5. The van der Waals surface area contributed by atoms with Crippen LogP contribution in [0.2, 0.25) is 0 Å². The van der Waals surface area contributed by atoms with Crippen LogP contribution in [0, 0.1) is 0 Å². The summed E-state index contributed by atoms with van der Waals surface area (Å²) in [5, 5.41) is -5.85. The van der Waals surface area contributed by atoms with Crippen molar-refractivity contribution in [3.05, 3.63) is 12.2 Å². The number of halogens is 10.